The van der Waals surface area contributed by atoms with Gasteiger partial charge in [0.15, 0.2) is 0 Å². The van der Waals surface area contributed by atoms with Crippen LogP contribution in [0.25, 0.3) is 0 Å². The number of rotatable bonds is 7. The van der Waals surface area contributed by atoms with Crippen molar-refractivity contribution in [3.63, 3.8) is 0 Å². The summed E-state index contributed by atoms with van der Waals surface area (Å²) in [5.74, 6) is -0.688. The molecule has 0 spiro atoms. The fourth-order valence-corrected chi connectivity index (χ4v) is 3.14. The molecule has 0 unspecified atom stereocenters. The Bertz CT molecular complexity index is 633. The summed E-state index contributed by atoms with van der Waals surface area (Å²) in [5.41, 5.74) is 0.999. The highest BCUT2D eigenvalue weighted by molar-refractivity contribution is 9.10. The van der Waals surface area contributed by atoms with Crippen molar-refractivity contribution in [2.24, 2.45) is 0 Å². The maximum Gasteiger partial charge on any atom is 0.304 e. The van der Waals surface area contributed by atoms with Gasteiger partial charge in [-0.2, -0.15) is 12.7 Å². The first kappa shape index (κ1) is 17.7. The van der Waals surface area contributed by atoms with Crippen LogP contribution in [0.4, 0.5) is 5.69 Å². The Balaban J connectivity index is 3.01. The van der Waals surface area contributed by atoms with E-state index in [9.17, 15) is 13.2 Å². The summed E-state index contributed by atoms with van der Waals surface area (Å²) < 4.78 is 33.6. The van der Waals surface area contributed by atoms with Crippen LogP contribution >= 0.6 is 15.9 Å². The quantitative estimate of drug-likeness (QED) is 0.751. The molecule has 118 valence electrons. The summed E-state index contributed by atoms with van der Waals surface area (Å²) in [6.45, 7) is 1.62. The Labute approximate surface area is 132 Å². The number of nitrogens with zero attached hydrogens (tertiary/aromatic N) is 1. The first-order chi connectivity index (χ1) is 9.67. The normalized spacial score (nSPS) is 11.5. The molecule has 0 aliphatic rings. The van der Waals surface area contributed by atoms with Crippen molar-refractivity contribution in [1.82, 2.24) is 4.31 Å². The monoisotopic (exact) mass is 380 g/mol. The maximum atomic E-state index is 12.2. The number of carboxylic acids is 1. The van der Waals surface area contributed by atoms with E-state index in [-0.39, 0.29) is 13.0 Å². The van der Waals surface area contributed by atoms with Gasteiger partial charge in [0.2, 0.25) is 0 Å². The zero-order chi connectivity index (χ0) is 16.2. The average molecular weight is 381 g/mol. The van der Waals surface area contributed by atoms with E-state index < -0.39 is 16.2 Å². The molecule has 1 rings (SSSR count). The van der Waals surface area contributed by atoms with Crippen LogP contribution in [-0.4, -0.2) is 44.5 Å². The van der Waals surface area contributed by atoms with Crippen LogP contribution in [0.3, 0.4) is 0 Å². The van der Waals surface area contributed by atoms with Crippen LogP contribution in [0.1, 0.15) is 12.0 Å². The van der Waals surface area contributed by atoms with E-state index in [4.69, 9.17) is 9.84 Å². The van der Waals surface area contributed by atoms with Crippen molar-refractivity contribution in [2.75, 3.05) is 25.4 Å². The fourth-order valence-electron chi connectivity index (χ4n) is 1.58. The number of methoxy groups -OCH3 is 1. The first-order valence-electron chi connectivity index (χ1n) is 5.97. The van der Waals surface area contributed by atoms with Crippen LogP contribution in [0, 0.1) is 6.92 Å². The summed E-state index contributed by atoms with van der Waals surface area (Å²) >= 11 is 3.30. The SMILES string of the molecule is COc1cc(Br)cc(C)c1NS(=O)(=O)N(C)CCC(=O)O. The zero-order valence-electron chi connectivity index (χ0n) is 11.9. The number of hydrogen-bond acceptors (Lipinski definition) is 4. The number of nitrogens with one attached hydrogen (secondary N) is 1. The Morgan fingerprint density at radius 1 is 1.48 bits per heavy atom. The van der Waals surface area contributed by atoms with Gasteiger partial charge in [-0.3, -0.25) is 9.52 Å². The second kappa shape index (κ2) is 7.10. The molecule has 0 aliphatic carbocycles. The summed E-state index contributed by atoms with van der Waals surface area (Å²) in [4.78, 5) is 10.5. The molecule has 21 heavy (non-hydrogen) atoms. The van der Waals surface area contributed by atoms with Crippen molar-refractivity contribution >= 4 is 37.8 Å². The van der Waals surface area contributed by atoms with E-state index in [1.165, 1.54) is 14.2 Å². The van der Waals surface area contributed by atoms with Crippen molar-refractivity contribution < 1.29 is 23.1 Å². The molecular weight excluding hydrogens is 364 g/mol. The number of carboxylic acid groups (broad SMARTS) is 1. The van der Waals surface area contributed by atoms with E-state index in [1.807, 2.05) is 0 Å². The van der Waals surface area contributed by atoms with E-state index in [2.05, 4.69) is 20.7 Å². The lowest BCUT2D eigenvalue weighted by molar-refractivity contribution is -0.137. The van der Waals surface area contributed by atoms with E-state index in [0.717, 1.165) is 8.78 Å². The first-order valence-corrected chi connectivity index (χ1v) is 8.20. The predicted octanol–water partition coefficient (Wildman–Crippen LogP) is 1.83. The van der Waals surface area contributed by atoms with Gasteiger partial charge in [-0.15, -0.1) is 0 Å². The summed E-state index contributed by atoms with van der Waals surface area (Å²) in [6.07, 6.45) is -0.270. The number of anilines is 1. The van der Waals surface area contributed by atoms with Crippen LogP contribution in [0.15, 0.2) is 16.6 Å². The van der Waals surface area contributed by atoms with E-state index in [0.29, 0.717) is 17.0 Å². The predicted molar refractivity (Wildman–Crippen MR) is 82.9 cm³/mol. The molecule has 0 atom stereocenters. The van der Waals surface area contributed by atoms with Gasteiger partial charge < -0.3 is 9.84 Å². The number of halogens is 1. The average Bonchev–Trinajstić information content (AvgIpc) is 2.38. The fraction of sp³-hybridized carbons (Fsp3) is 0.417. The molecule has 0 amide bonds. The molecule has 2 N–H and O–H groups in total. The van der Waals surface area contributed by atoms with Crippen molar-refractivity contribution in [1.29, 1.82) is 0 Å². The lowest BCUT2D eigenvalue weighted by atomic mass is 10.2. The van der Waals surface area contributed by atoms with Gasteiger partial charge in [-0.05, 0) is 24.6 Å². The molecule has 0 bridgehead atoms. The van der Waals surface area contributed by atoms with Gasteiger partial charge in [-0.1, -0.05) is 15.9 Å². The van der Waals surface area contributed by atoms with Crippen molar-refractivity contribution in [3.8, 4) is 5.75 Å². The molecule has 0 aromatic heterocycles. The Morgan fingerprint density at radius 2 is 2.10 bits per heavy atom. The standard InChI is InChI=1S/C12H17BrN2O5S/c1-8-6-9(13)7-10(20-3)12(8)14-21(18,19)15(2)5-4-11(16)17/h6-7,14H,4-5H2,1-3H3,(H,16,17). The highest BCUT2D eigenvalue weighted by Crippen LogP contribution is 2.33. The zero-order valence-corrected chi connectivity index (χ0v) is 14.3. The van der Waals surface area contributed by atoms with E-state index in [1.54, 1.807) is 19.1 Å². The molecule has 0 aliphatic heterocycles. The topological polar surface area (TPSA) is 95.9 Å². The lowest BCUT2D eigenvalue weighted by Crippen LogP contribution is -2.34. The molecule has 0 saturated heterocycles. The molecule has 7 nitrogen and oxygen atoms in total. The number of aliphatic carboxylic acids is 1. The summed E-state index contributed by atoms with van der Waals surface area (Å²) in [7, 11) is -1.10. The smallest absolute Gasteiger partial charge is 0.304 e. The van der Waals surface area contributed by atoms with Gasteiger partial charge in [0, 0.05) is 18.1 Å². The largest absolute Gasteiger partial charge is 0.495 e. The lowest BCUT2D eigenvalue weighted by Gasteiger charge is -2.20. The number of benzene rings is 1. The second-order valence-electron chi connectivity index (χ2n) is 4.37. The summed E-state index contributed by atoms with van der Waals surface area (Å²) in [6, 6.07) is 3.39. The minimum Gasteiger partial charge on any atom is -0.495 e. The van der Waals surface area contributed by atoms with Crippen molar-refractivity contribution in [2.45, 2.75) is 13.3 Å². The van der Waals surface area contributed by atoms with Crippen LogP contribution < -0.4 is 9.46 Å². The molecule has 0 heterocycles. The Hall–Kier alpha value is -1.32. The van der Waals surface area contributed by atoms with Crippen LogP contribution in [-0.2, 0) is 15.0 Å². The number of aryl methyl sites for hydroxylation is 1. The molecule has 1 aromatic carbocycles. The third kappa shape index (κ3) is 4.87. The molecule has 0 fully saturated rings. The number of carbonyl (C=O) groups is 1. The molecule has 9 heteroatoms. The van der Waals surface area contributed by atoms with Crippen LogP contribution in [0.5, 0.6) is 5.75 Å². The van der Waals surface area contributed by atoms with Crippen molar-refractivity contribution in [3.05, 3.63) is 22.2 Å². The third-order valence-corrected chi connectivity index (χ3v) is 4.69. The van der Waals surface area contributed by atoms with E-state index >= 15 is 0 Å². The Morgan fingerprint density at radius 3 is 2.62 bits per heavy atom. The minimum atomic E-state index is -3.85. The number of ether oxygens (including phenoxy) is 1. The highest BCUT2D eigenvalue weighted by atomic mass is 79.9. The van der Waals surface area contributed by atoms with Gasteiger partial charge in [0.25, 0.3) is 0 Å². The summed E-state index contributed by atoms with van der Waals surface area (Å²) in [5, 5.41) is 8.61. The minimum absolute atomic E-state index is 0.122. The maximum absolute atomic E-state index is 12.2. The van der Waals surface area contributed by atoms with Gasteiger partial charge in [0.05, 0.1) is 19.2 Å². The van der Waals surface area contributed by atoms with Gasteiger partial charge in [-0.25, -0.2) is 0 Å². The van der Waals surface area contributed by atoms with Crippen LogP contribution in [0.2, 0.25) is 0 Å². The third-order valence-electron chi connectivity index (χ3n) is 2.77. The molecule has 1 aromatic rings. The van der Waals surface area contributed by atoms with Gasteiger partial charge in [0.1, 0.15) is 5.75 Å². The molecular formula is C12H17BrN2O5S. The van der Waals surface area contributed by atoms with Gasteiger partial charge >= 0.3 is 16.2 Å². The highest BCUT2D eigenvalue weighted by Gasteiger charge is 2.21. The number of hydrogen-bond donors (Lipinski definition) is 2. The Kier molecular flexibility index (Phi) is 5.99. The molecule has 0 radical (unpaired) electrons. The second-order valence-corrected chi connectivity index (χ2v) is 7.07. The molecule has 0 saturated carbocycles.